The number of nitro groups is 1. The lowest BCUT2D eigenvalue weighted by Crippen LogP contribution is -2.43. The molecule has 19 heavy (non-hydrogen) atoms. The minimum absolute atomic E-state index is 0.0134. The van der Waals surface area contributed by atoms with E-state index in [1.165, 1.54) is 24.3 Å². The molecule has 104 valence electrons. The summed E-state index contributed by atoms with van der Waals surface area (Å²) in [6, 6.07) is 5.66. The molecule has 1 aromatic rings. The summed E-state index contributed by atoms with van der Waals surface area (Å²) in [7, 11) is 0. The molecule has 0 spiro atoms. The molecule has 2 unspecified atom stereocenters. The van der Waals surface area contributed by atoms with Gasteiger partial charge in [-0.05, 0) is 18.6 Å². The molecule has 2 N–H and O–H groups in total. The van der Waals surface area contributed by atoms with Crippen molar-refractivity contribution in [1.82, 2.24) is 0 Å². The number of rotatable bonds is 4. The number of non-ortho nitro benzene ring substituents is 1. The van der Waals surface area contributed by atoms with Gasteiger partial charge in [-0.1, -0.05) is 0 Å². The number of nitro benzene ring substituents is 1. The smallest absolute Gasteiger partial charge is 0.269 e. The predicted molar refractivity (Wildman–Crippen MR) is 64.7 cm³/mol. The van der Waals surface area contributed by atoms with Gasteiger partial charge in [0.05, 0.1) is 17.6 Å². The molecule has 0 radical (unpaired) electrons. The van der Waals surface area contributed by atoms with E-state index in [-0.39, 0.29) is 12.3 Å². The van der Waals surface area contributed by atoms with Crippen molar-refractivity contribution in [2.45, 2.75) is 31.3 Å². The molecule has 0 aliphatic carbocycles. The van der Waals surface area contributed by atoms with E-state index in [1.807, 2.05) is 0 Å². The van der Waals surface area contributed by atoms with E-state index in [2.05, 4.69) is 0 Å². The minimum Gasteiger partial charge on any atom is -0.465 e. The van der Waals surface area contributed by atoms with Gasteiger partial charge in [0.2, 0.25) is 0 Å². The number of ether oxygens (including phenoxy) is 2. The third kappa shape index (κ3) is 3.40. The molecular formula is C12H15NO6. The van der Waals surface area contributed by atoms with Gasteiger partial charge in [0.15, 0.2) is 6.29 Å². The Balaban J connectivity index is 1.95. The summed E-state index contributed by atoms with van der Waals surface area (Å²) in [4.78, 5) is 10.0. The molecule has 1 aliphatic heterocycles. The van der Waals surface area contributed by atoms with Crippen LogP contribution in [0.25, 0.3) is 0 Å². The fourth-order valence-electron chi connectivity index (χ4n) is 1.90. The van der Waals surface area contributed by atoms with E-state index < -0.39 is 23.4 Å². The van der Waals surface area contributed by atoms with Crippen molar-refractivity contribution >= 4 is 5.69 Å². The van der Waals surface area contributed by atoms with E-state index in [9.17, 15) is 15.2 Å². The zero-order chi connectivity index (χ0) is 13.8. The second kappa shape index (κ2) is 5.96. The fraction of sp³-hybridized carbons (Fsp3) is 0.500. The van der Waals surface area contributed by atoms with Crippen molar-refractivity contribution in [3.8, 4) is 5.75 Å². The first kappa shape index (κ1) is 13.7. The Morgan fingerprint density at radius 1 is 1.37 bits per heavy atom. The average Bonchev–Trinajstić information content (AvgIpc) is 2.41. The highest BCUT2D eigenvalue weighted by molar-refractivity contribution is 5.36. The quantitative estimate of drug-likeness (QED) is 0.620. The summed E-state index contributed by atoms with van der Waals surface area (Å²) in [5, 5.41) is 29.1. The number of aliphatic hydroxyl groups excluding tert-OH is 2. The summed E-state index contributed by atoms with van der Waals surface area (Å²) < 4.78 is 10.9. The zero-order valence-corrected chi connectivity index (χ0v) is 10.1. The summed E-state index contributed by atoms with van der Waals surface area (Å²) in [5.74, 6) is 0.448. The number of benzene rings is 1. The van der Waals surface area contributed by atoms with Gasteiger partial charge in [0, 0.05) is 18.6 Å². The van der Waals surface area contributed by atoms with Crippen LogP contribution in [0.15, 0.2) is 24.3 Å². The van der Waals surface area contributed by atoms with Gasteiger partial charge < -0.3 is 19.7 Å². The van der Waals surface area contributed by atoms with E-state index in [0.717, 1.165) is 0 Å². The summed E-state index contributed by atoms with van der Waals surface area (Å²) in [6.45, 7) is -0.276. The highest BCUT2D eigenvalue weighted by atomic mass is 16.7. The van der Waals surface area contributed by atoms with Crippen LogP contribution in [0.1, 0.15) is 12.8 Å². The van der Waals surface area contributed by atoms with Crippen LogP contribution in [0, 0.1) is 10.1 Å². The lowest BCUT2D eigenvalue weighted by atomic mass is 10.1. The number of nitrogens with zero attached hydrogens (tertiary/aromatic N) is 1. The van der Waals surface area contributed by atoms with Gasteiger partial charge in [-0.2, -0.15) is 0 Å². The third-order valence-corrected chi connectivity index (χ3v) is 2.95. The molecule has 0 aromatic heterocycles. The van der Waals surface area contributed by atoms with Crippen molar-refractivity contribution < 1.29 is 24.6 Å². The summed E-state index contributed by atoms with van der Waals surface area (Å²) in [6.07, 6.45) is -0.946. The Kier molecular flexibility index (Phi) is 4.31. The maximum absolute atomic E-state index is 10.5. The van der Waals surface area contributed by atoms with Crippen LogP contribution >= 0.6 is 0 Å². The Bertz CT molecular complexity index is 434. The van der Waals surface area contributed by atoms with Gasteiger partial charge in [-0.15, -0.1) is 0 Å². The van der Waals surface area contributed by atoms with Crippen molar-refractivity contribution in [3.05, 3.63) is 34.4 Å². The molecule has 0 amide bonds. The van der Waals surface area contributed by atoms with Crippen molar-refractivity contribution in [3.63, 3.8) is 0 Å². The van der Waals surface area contributed by atoms with Gasteiger partial charge >= 0.3 is 0 Å². The van der Waals surface area contributed by atoms with Crippen LogP contribution in [0.5, 0.6) is 5.75 Å². The molecule has 1 saturated heterocycles. The third-order valence-electron chi connectivity index (χ3n) is 2.95. The molecular weight excluding hydrogens is 254 g/mol. The SMILES string of the molecule is O=[N+]([O-])c1ccc(OC2CC[C@H](O)C(CO)O2)cc1. The highest BCUT2D eigenvalue weighted by Gasteiger charge is 2.30. The number of hydrogen-bond donors (Lipinski definition) is 2. The van der Waals surface area contributed by atoms with Crippen molar-refractivity contribution in [2.24, 2.45) is 0 Å². The van der Waals surface area contributed by atoms with E-state index >= 15 is 0 Å². The molecule has 2 rings (SSSR count). The highest BCUT2D eigenvalue weighted by Crippen LogP contribution is 2.24. The van der Waals surface area contributed by atoms with Crippen LogP contribution in [0.4, 0.5) is 5.69 Å². The van der Waals surface area contributed by atoms with E-state index in [0.29, 0.717) is 18.6 Å². The topological polar surface area (TPSA) is 102 Å². The maximum atomic E-state index is 10.5. The standard InChI is InChI=1S/C12H15NO6/c14-7-11-10(15)5-6-12(19-11)18-9-3-1-8(2-4-9)13(16)17/h1-4,10-12,14-15H,5-7H2/t10-,11?,12?/m0/s1. The van der Waals surface area contributed by atoms with Gasteiger partial charge in [0.1, 0.15) is 11.9 Å². The lowest BCUT2D eigenvalue weighted by molar-refractivity contribution is -0.384. The zero-order valence-electron chi connectivity index (χ0n) is 10.1. The lowest BCUT2D eigenvalue weighted by Gasteiger charge is -2.32. The summed E-state index contributed by atoms with van der Waals surface area (Å²) in [5.41, 5.74) is -0.0134. The maximum Gasteiger partial charge on any atom is 0.269 e. The Labute approximate surface area is 109 Å². The number of aliphatic hydroxyl groups is 2. The monoisotopic (exact) mass is 269 g/mol. The van der Waals surface area contributed by atoms with Crippen LogP contribution in [-0.2, 0) is 4.74 Å². The molecule has 1 aliphatic rings. The van der Waals surface area contributed by atoms with Crippen LogP contribution in [0.2, 0.25) is 0 Å². The second-order valence-electron chi connectivity index (χ2n) is 4.30. The molecule has 7 nitrogen and oxygen atoms in total. The number of hydrogen-bond acceptors (Lipinski definition) is 6. The second-order valence-corrected chi connectivity index (χ2v) is 4.30. The molecule has 1 fully saturated rings. The fourth-order valence-corrected chi connectivity index (χ4v) is 1.90. The Hall–Kier alpha value is -1.70. The van der Waals surface area contributed by atoms with Gasteiger partial charge in [-0.25, -0.2) is 0 Å². The van der Waals surface area contributed by atoms with Crippen LogP contribution < -0.4 is 4.74 Å². The van der Waals surface area contributed by atoms with Crippen molar-refractivity contribution in [2.75, 3.05) is 6.61 Å². The Morgan fingerprint density at radius 2 is 2.05 bits per heavy atom. The molecule has 3 atom stereocenters. The van der Waals surface area contributed by atoms with E-state index in [4.69, 9.17) is 14.6 Å². The van der Waals surface area contributed by atoms with Gasteiger partial charge in [0.25, 0.3) is 5.69 Å². The molecule has 1 aromatic carbocycles. The van der Waals surface area contributed by atoms with Gasteiger partial charge in [-0.3, -0.25) is 10.1 Å². The van der Waals surface area contributed by atoms with E-state index in [1.54, 1.807) is 0 Å². The normalized spacial score (nSPS) is 26.9. The first-order chi connectivity index (χ1) is 9.10. The molecule has 1 heterocycles. The van der Waals surface area contributed by atoms with Crippen molar-refractivity contribution in [1.29, 1.82) is 0 Å². The van der Waals surface area contributed by atoms with Crippen LogP contribution in [0.3, 0.4) is 0 Å². The first-order valence-electron chi connectivity index (χ1n) is 5.95. The molecule has 7 heteroatoms. The van der Waals surface area contributed by atoms with Crippen LogP contribution in [-0.4, -0.2) is 40.2 Å². The minimum atomic E-state index is -0.693. The largest absolute Gasteiger partial charge is 0.465 e. The molecule has 0 saturated carbocycles. The summed E-state index contributed by atoms with van der Waals surface area (Å²) >= 11 is 0. The average molecular weight is 269 g/mol. The predicted octanol–water partition coefficient (Wildman–Crippen LogP) is 0.832. The Morgan fingerprint density at radius 3 is 2.63 bits per heavy atom. The first-order valence-corrected chi connectivity index (χ1v) is 5.95. The molecule has 0 bridgehead atoms.